The Morgan fingerprint density at radius 1 is 0.667 bits per heavy atom. The minimum atomic E-state index is 0.782. The van der Waals surface area contributed by atoms with E-state index in [1.165, 1.54) is 22.3 Å². The molecule has 3 heteroatoms. The van der Waals surface area contributed by atoms with Crippen molar-refractivity contribution in [3.05, 3.63) is 89.0 Å². The van der Waals surface area contributed by atoms with Crippen LogP contribution in [-0.2, 0) is 12.8 Å². The lowest BCUT2D eigenvalue weighted by Crippen LogP contribution is -1.97. The molecule has 3 nitrogen and oxygen atoms in total. The molecule has 0 aliphatic heterocycles. The van der Waals surface area contributed by atoms with Crippen molar-refractivity contribution in [3.63, 3.8) is 0 Å². The van der Waals surface area contributed by atoms with Gasteiger partial charge in [0, 0.05) is 17.8 Å². The Kier molecular flexibility index (Phi) is 4.71. The number of methoxy groups -OCH3 is 1. The molecule has 0 bridgehead atoms. The number of anilines is 2. The van der Waals surface area contributed by atoms with Gasteiger partial charge in [-0.25, -0.2) is 0 Å². The van der Waals surface area contributed by atoms with Crippen LogP contribution in [0.1, 0.15) is 22.3 Å². The van der Waals surface area contributed by atoms with Crippen LogP contribution in [0.25, 0.3) is 0 Å². The second kappa shape index (κ2) is 7.09. The lowest BCUT2D eigenvalue weighted by Gasteiger charge is -2.11. The van der Waals surface area contributed by atoms with E-state index in [4.69, 9.17) is 16.2 Å². The molecule has 122 valence electrons. The lowest BCUT2D eigenvalue weighted by molar-refractivity contribution is 0.410. The van der Waals surface area contributed by atoms with Crippen molar-refractivity contribution in [1.29, 1.82) is 0 Å². The zero-order chi connectivity index (χ0) is 16.9. The molecular weight excluding hydrogens is 296 g/mol. The van der Waals surface area contributed by atoms with Gasteiger partial charge in [-0.1, -0.05) is 36.4 Å². The number of nitrogen functional groups attached to an aromatic ring is 2. The van der Waals surface area contributed by atoms with Gasteiger partial charge in [-0.2, -0.15) is 0 Å². The maximum atomic E-state index is 5.75. The molecule has 0 aliphatic rings. The predicted octanol–water partition coefficient (Wildman–Crippen LogP) is 4.04. The summed E-state index contributed by atoms with van der Waals surface area (Å²) in [4.78, 5) is 0. The molecule has 4 N–H and O–H groups in total. The average Bonchev–Trinajstić information content (AvgIpc) is 2.60. The van der Waals surface area contributed by atoms with Gasteiger partial charge in [0.25, 0.3) is 0 Å². The normalized spacial score (nSPS) is 10.5. The maximum Gasteiger partial charge on any atom is 0.122 e. The van der Waals surface area contributed by atoms with Crippen molar-refractivity contribution in [3.8, 4) is 5.75 Å². The summed E-state index contributed by atoms with van der Waals surface area (Å²) in [6.07, 6.45) is 1.68. The Bertz CT molecular complexity index is 808. The highest BCUT2D eigenvalue weighted by atomic mass is 16.5. The quantitative estimate of drug-likeness (QED) is 0.698. The molecule has 0 aliphatic carbocycles. The number of nitrogens with two attached hydrogens (primary N) is 2. The summed E-state index contributed by atoms with van der Waals surface area (Å²) < 4.78 is 5.59. The molecule has 0 amide bonds. The monoisotopic (exact) mass is 318 g/mol. The molecule has 0 aromatic heterocycles. The first kappa shape index (κ1) is 15.9. The van der Waals surface area contributed by atoms with Crippen molar-refractivity contribution in [1.82, 2.24) is 0 Å². The fourth-order valence-corrected chi connectivity index (χ4v) is 2.77. The molecule has 0 unspecified atom stereocenters. The van der Waals surface area contributed by atoms with E-state index >= 15 is 0 Å². The highest BCUT2D eigenvalue weighted by Gasteiger charge is 2.07. The molecule has 0 spiro atoms. The van der Waals surface area contributed by atoms with Gasteiger partial charge in [0.1, 0.15) is 5.75 Å². The first-order valence-electron chi connectivity index (χ1n) is 7.98. The van der Waals surface area contributed by atoms with E-state index in [1.54, 1.807) is 7.11 Å². The number of benzene rings is 3. The Morgan fingerprint density at radius 3 is 1.71 bits per heavy atom. The Hall–Kier alpha value is -2.94. The van der Waals surface area contributed by atoms with Crippen LogP contribution < -0.4 is 16.2 Å². The minimum Gasteiger partial charge on any atom is -0.496 e. The largest absolute Gasteiger partial charge is 0.496 e. The minimum absolute atomic E-state index is 0.782. The third kappa shape index (κ3) is 3.87. The fourth-order valence-electron chi connectivity index (χ4n) is 2.77. The number of rotatable bonds is 5. The molecule has 3 aromatic rings. The molecule has 0 fully saturated rings. The van der Waals surface area contributed by atoms with Gasteiger partial charge in [0.15, 0.2) is 0 Å². The van der Waals surface area contributed by atoms with Crippen molar-refractivity contribution in [2.75, 3.05) is 18.6 Å². The van der Waals surface area contributed by atoms with Gasteiger partial charge in [-0.05, 0) is 59.0 Å². The van der Waals surface area contributed by atoms with Crippen molar-refractivity contribution >= 4 is 11.4 Å². The lowest BCUT2D eigenvalue weighted by atomic mass is 9.99. The number of ether oxygens (including phenoxy) is 1. The summed E-state index contributed by atoms with van der Waals surface area (Å²) >= 11 is 0. The third-order valence-corrected chi connectivity index (χ3v) is 4.11. The number of hydrogen-bond donors (Lipinski definition) is 2. The smallest absolute Gasteiger partial charge is 0.122 e. The Balaban J connectivity index is 1.79. The van der Waals surface area contributed by atoms with Crippen molar-refractivity contribution in [2.45, 2.75) is 12.8 Å². The van der Waals surface area contributed by atoms with Crippen LogP contribution in [0, 0.1) is 0 Å². The highest BCUT2D eigenvalue weighted by molar-refractivity contribution is 5.46. The zero-order valence-corrected chi connectivity index (χ0v) is 13.8. The van der Waals surface area contributed by atoms with Gasteiger partial charge < -0.3 is 16.2 Å². The van der Waals surface area contributed by atoms with Gasteiger partial charge in [-0.3, -0.25) is 0 Å². The van der Waals surface area contributed by atoms with Crippen LogP contribution in [0.4, 0.5) is 11.4 Å². The van der Waals surface area contributed by atoms with Crippen LogP contribution in [0.5, 0.6) is 5.75 Å². The van der Waals surface area contributed by atoms with E-state index in [0.29, 0.717) is 0 Å². The summed E-state index contributed by atoms with van der Waals surface area (Å²) in [6.45, 7) is 0. The van der Waals surface area contributed by atoms with Gasteiger partial charge >= 0.3 is 0 Å². The van der Waals surface area contributed by atoms with Gasteiger partial charge in [0.05, 0.1) is 7.11 Å². The third-order valence-electron chi connectivity index (χ3n) is 4.11. The van der Waals surface area contributed by atoms with Crippen molar-refractivity contribution < 1.29 is 4.74 Å². The second-order valence-corrected chi connectivity index (χ2v) is 5.98. The molecule has 0 saturated carbocycles. The fraction of sp³-hybridized carbons (Fsp3) is 0.143. The van der Waals surface area contributed by atoms with Crippen LogP contribution in [0.15, 0.2) is 66.7 Å². The topological polar surface area (TPSA) is 61.3 Å². The maximum absolute atomic E-state index is 5.75. The first-order chi connectivity index (χ1) is 11.6. The molecule has 3 rings (SSSR count). The summed E-state index contributed by atoms with van der Waals surface area (Å²) in [5.41, 5.74) is 17.9. The second-order valence-electron chi connectivity index (χ2n) is 5.98. The standard InChI is InChI=1S/C21H22N2O/c1-24-21-14-17(12-15-3-8-19(22)9-4-15)2-7-18(21)13-16-5-10-20(23)11-6-16/h2-11,14H,12-13,22-23H2,1H3. The van der Waals surface area contributed by atoms with Gasteiger partial charge in [-0.15, -0.1) is 0 Å². The summed E-state index contributed by atoms with van der Waals surface area (Å²) in [5, 5.41) is 0. The first-order valence-corrected chi connectivity index (χ1v) is 7.98. The van der Waals surface area contributed by atoms with E-state index in [9.17, 15) is 0 Å². The van der Waals surface area contributed by atoms with Crippen LogP contribution in [0.3, 0.4) is 0 Å². The van der Waals surface area contributed by atoms with E-state index in [1.807, 2.05) is 24.3 Å². The van der Waals surface area contributed by atoms with Crippen LogP contribution in [-0.4, -0.2) is 7.11 Å². The van der Waals surface area contributed by atoms with E-state index in [0.717, 1.165) is 30.0 Å². The molecule has 24 heavy (non-hydrogen) atoms. The molecular formula is C21H22N2O. The highest BCUT2D eigenvalue weighted by Crippen LogP contribution is 2.25. The molecule has 0 heterocycles. The van der Waals surface area contributed by atoms with Crippen LogP contribution >= 0.6 is 0 Å². The predicted molar refractivity (Wildman–Crippen MR) is 100 cm³/mol. The molecule has 0 saturated heterocycles. The molecule has 3 aromatic carbocycles. The zero-order valence-electron chi connectivity index (χ0n) is 13.8. The van der Waals surface area contributed by atoms with E-state index in [-0.39, 0.29) is 0 Å². The molecule has 0 radical (unpaired) electrons. The molecule has 0 atom stereocenters. The summed E-state index contributed by atoms with van der Waals surface area (Å²) in [5.74, 6) is 0.916. The average molecular weight is 318 g/mol. The Morgan fingerprint density at radius 2 is 1.17 bits per heavy atom. The Labute approximate surface area is 142 Å². The van der Waals surface area contributed by atoms with Crippen LogP contribution in [0.2, 0.25) is 0 Å². The van der Waals surface area contributed by atoms with Crippen molar-refractivity contribution in [2.24, 2.45) is 0 Å². The summed E-state index contributed by atoms with van der Waals surface area (Å²) in [6, 6.07) is 22.4. The van der Waals surface area contributed by atoms with E-state index in [2.05, 4.69) is 42.5 Å². The van der Waals surface area contributed by atoms with Gasteiger partial charge in [0.2, 0.25) is 0 Å². The SMILES string of the molecule is COc1cc(Cc2ccc(N)cc2)ccc1Cc1ccc(N)cc1. The summed E-state index contributed by atoms with van der Waals surface area (Å²) in [7, 11) is 1.72. The van der Waals surface area contributed by atoms with E-state index < -0.39 is 0 Å². The number of hydrogen-bond acceptors (Lipinski definition) is 3.